The van der Waals surface area contributed by atoms with E-state index in [1.165, 1.54) is 22.3 Å². The van der Waals surface area contributed by atoms with Crippen molar-refractivity contribution in [3.63, 3.8) is 0 Å². The van der Waals surface area contributed by atoms with Crippen LogP contribution in [0.15, 0.2) is 33.2 Å². The Balaban J connectivity index is 1.94. The van der Waals surface area contributed by atoms with Crippen molar-refractivity contribution in [3.05, 3.63) is 61.0 Å². The van der Waals surface area contributed by atoms with Crippen molar-refractivity contribution in [2.24, 2.45) is 0 Å². The molecule has 0 bridgehead atoms. The van der Waals surface area contributed by atoms with E-state index in [1.807, 2.05) is 13.0 Å². The number of aromatic hydroxyl groups is 1. The summed E-state index contributed by atoms with van der Waals surface area (Å²) in [5.74, 6) is 0.403. The zero-order valence-electron chi connectivity index (χ0n) is 12.7. The van der Waals surface area contributed by atoms with Crippen molar-refractivity contribution in [2.45, 2.75) is 32.7 Å². The molecule has 1 aliphatic rings. The van der Waals surface area contributed by atoms with Crippen LogP contribution in [-0.4, -0.2) is 11.7 Å². The van der Waals surface area contributed by atoms with Gasteiger partial charge in [-0.25, -0.2) is 0 Å². The predicted octanol–water partition coefficient (Wildman–Crippen LogP) is 4.96. The summed E-state index contributed by atoms with van der Waals surface area (Å²) in [5.41, 5.74) is 6.03. The molecule has 4 heteroatoms. The summed E-state index contributed by atoms with van der Waals surface area (Å²) in [4.78, 5) is 0. The summed E-state index contributed by atoms with van der Waals surface area (Å²) in [6.45, 7) is 5.01. The van der Waals surface area contributed by atoms with Gasteiger partial charge in [0.15, 0.2) is 0 Å². The summed E-state index contributed by atoms with van der Waals surface area (Å²) in [6, 6.07) is 8.75. The predicted molar refractivity (Wildman–Crippen MR) is 97.6 cm³/mol. The highest BCUT2D eigenvalue weighted by atomic mass is 79.9. The molecule has 0 aromatic heterocycles. The number of aryl methyl sites for hydroxylation is 1. The van der Waals surface area contributed by atoms with Gasteiger partial charge in [0.1, 0.15) is 5.75 Å². The molecule has 3 rings (SSSR count). The van der Waals surface area contributed by atoms with Gasteiger partial charge in [0.25, 0.3) is 0 Å². The van der Waals surface area contributed by atoms with Crippen molar-refractivity contribution in [2.75, 3.05) is 6.54 Å². The molecule has 116 valence electrons. The fraction of sp³-hybridized carbons (Fsp3) is 0.333. The van der Waals surface area contributed by atoms with Crippen LogP contribution in [0.2, 0.25) is 0 Å². The number of nitrogens with one attached hydrogen (secondary N) is 1. The highest BCUT2D eigenvalue weighted by Crippen LogP contribution is 2.33. The molecule has 0 amide bonds. The fourth-order valence-corrected chi connectivity index (χ4v) is 4.31. The minimum atomic E-state index is 0.296. The number of benzene rings is 2. The van der Waals surface area contributed by atoms with Gasteiger partial charge < -0.3 is 10.4 Å². The maximum Gasteiger partial charge on any atom is 0.118 e. The number of hydrogen-bond donors (Lipinski definition) is 2. The molecule has 0 fully saturated rings. The molecule has 0 saturated heterocycles. The van der Waals surface area contributed by atoms with Gasteiger partial charge in [-0.05, 0) is 79.3 Å². The Morgan fingerprint density at radius 3 is 2.50 bits per heavy atom. The Labute approximate surface area is 148 Å². The van der Waals surface area contributed by atoms with Crippen LogP contribution in [0.25, 0.3) is 0 Å². The largest absolute Gasteiger partial charge is 0.508 e. The van der Waals surface area contributed by atoms with Crippen molar-refractivity contribution < 1.29 is 5.11 Å². The molecule has 2 aromatic carbocycles. The third-order valence-corrected chi connectivity index (χ3v) is 6.05. The van der Waals surface area contributed by atoms with Gasteiger partial charge in [-0.15, -0.1) is 0 Å². The van der Waals surface area contributed by atoms with Gasteiger partial charge in [0, 0.05) is 15.0 Å². The van der Waals surface area contributed by atoms with E-state index in [2.05, 4.69) is 62.3 Å². The summed E-state index contributed by atoms with van der Waals surface area (Å²) in [7, 11) is 0. The number of hydrogen-bond acceptors (Lipinski definition) is 2. The third-order valence-electron chi connectivity index (χ3n) is 4.40. The molecule has 1 atom stereocenters. The monoisotopic (exact) mass is 423 g/mol. The summed E-state index contributed by atoms with van der Waals surface area (Å²) < 4.78 is 2.27. The zero-order chi connectivity index (χ0) is 15.9. The van der Waals surface area contributed by atoms with E-state index in [0.717, 1.165) is 33.9 Å². The van der Waals surface area contributed by atoms with Gasteiger partial charge in [-0.1, -0.05) is 37.9 Å². The lowest BCUT2D eigenvalue weighted by Gasteiger charge is -2.28. The van der Waals surface area contributed by atoms with Crippen LogP contribution in [0.4, 0.5) is 0 Å². The van der Waals surface area contributed by atoms with Crippen molar-refractivity contribution >= 4 is 31.9 Å². The van der Waals surface area contributed by atoms with E-state index in [4.69, 9.17) is 0 Å². The number of halogens is 2. The molecule has 0 saturated carbocycles. The quantitative estimate of drug-likeness (QED) is 0.713. The lowest BCUT2D eigenvalue weighted by molar-refractivity contribution is 0.462. The molecule has 1 unspecified atom stereocenters. The molecular formula is C18H19Br2NO. The van der Waals surface area contributed by atoms with Crippen LogP contribution in [0, 0.1) is 13.8 Å². The van der Waals surface area contributed by atoms with Crippen LogP contribution in [0.3, 0.4) is 0 Å². The highest BCUT2D eigenvalue weighted by molar-refractivity contribution is 9.11. The van der Waals surface area contributed by atoms with Crippen molar-refractivity contribution in [1.29, 1.82) is 0 Å². The Hall–Kier alpha value is -0.840. The van der Waals surface area contributed by atoms with E-state index >= 15 is 0 Å². The minimum absolute atomic E-state index is 0.296. The first-order valence-electron chi connectivity index (χ1n) is 7.46. The Kier molecular flexibility index (Phi) is 4.62. The average molecular weight is 425 g/mol. The van der Waals surface area contributed by atoms with Crippen LogP contribution in [0.1, 0.15) is 33.9 Å². The highest BCUT2D eigenvalue weighted by Gasteiger charge is 2.21. The number of rotatable bonds is 2. The van der Waals surface area contributed by atoms with Crippen molar-refractivity contribution in [1.82, 2.24) is 5.32 Å². The van der Waals surface area contributed by atoms with E-state index in [0.29, 0.717) is 11.8 Å². The summed E-state index contributed by atoms with van der Waals surface area (Å²) >= 11 is 7.26. The topological polar surface area (TPSA) is 32.3 Å². The third kappa shape index (κ3) is 3.10. The summed E-state index contributed by atoms with van der Waals surface area (Å²) in [6.07, 6.45) is 1.91. The Morgan fingerprint density at radius 1 is 1.14 bits per heavy atom. The SMILES string of the molecule is Cc1cc2c(cc1O)CCNC2Cc1cc(Br)c(C)c(Br)c1. The van der Waals surface area contributed by atoms with Crippen LogP contribution in [-0.2, 0) is 12.8 Å². The standard InChI is InChI=1S/C18H19Br2NO/c1-10-5-14-13(9-18(10)22)3-4-21-17(14)8-12-6-15(19)11(2)16(20)7-12/h5-7,9,17,21-22H,3-4,8H2,1-2H3. The lowest BCUT2D eigenvalue weighted by atomic mass is 9.88. The van der Waals surface area contributed by atoms with E-state index in [9.17, 15) is 5.11 Å². The molecule has 2 N–H and O–H groups in total. The number of phenolic OH excluding ortho intramolecular Hbond substituents is 1. The molecule has 1 aliphatic heterocycles. The van der Waals surface area contributed by atoms with E-state index in [1.54, 1.807) is 0 Å². The maximum atomic E-state index is 9.92. The second kappa shape index (κ2) is 6.34. The van der Waals surface area contributed by atoms with Crippen LogP contribution in [0.5, 0.6) is 5.75 Å². The first-order valence-corrected chi connectivity index (χ1v) is 9.04. The smallest absolute Gasteiger partial charge is 0.118 e. The molecule has 2 nitrogen and oxygen atoms in total. The normalized spacial score (nSPS) is 17.4. The molecule has 1 heterocycles. The van der Waals surface area contributed by atoms with Crippen LogP contribution >= 0.6 is 31.9 Å². The zero-order valence-corrected chi connectivity index (χ0v) is 15.9. The summed E-state index contributed by atoms with van der Waals surface area (Å²) in [5, 5.41) is 13.5. The number of phenols is 1. The fourth-order valence-electron chi connectivity index (χ4n) is 3.03. The van der Waals surface area contributed by atoms with Crippen LogP contribution < -0.4 is 5.32 Å². The Morgan fingerprint density at radius 2 is 1.82 bits per heavy atom. The number of fused-ring (bicyclic) bond motifs is 1. The first kappa shape index (κ1) is 16.0. The van der Waals surface area contributed by atoms with Gasteiger partial charge in [0.05, 0.1) is 0 Å². The van der Waals surface area contributed by atoms with Crippen molar-refractivity contribution in [3.8, 4) is 5.75 Å². The molecule has 22 heavy (non-hydrogen) atoms. The van der Waals surface area contributed by atoms with Gasteiger partial charge >= 0.3 is 0 Å². The van der Waals surface area contributed by atoms with E-state index in [-0.39, 0.29) is 0 Å². The minimum Gasteiger partial charge on any atom is -0.508 e. The molecule has 0 radical (unpaired) electrons. The van der Waals surface area contributed by atoms with E-state index < -0.39 is 0 Å². The second-order valence-electron chi connectivity index (χ2n) is 5.98. The molecule has 0 spiro atoms. The molecular weight excluding hydrogens is 406 g/mol. The van der Waals surface area contributed by atoms with Gasteiger partial charge in [-0.2, -0.15) is 0 Å². The molecule has 2 aromatic rings. The first-order chi connectivity index (χ1) is 10.5. The second-order valence-corrected chi connectivity index (χ2v) is 7.69. The maximum absolute atomic E-state index is 9.92. The van der Waals surface area contributed by atoms with Gasteiger partial charge in [-0.3, -0.25) is 0 Å². The van der Waals surface area contributed by atoms with Gasteiger partial charge in [0.2, 0.25) is 0 Å². The molecule has 0 aliphatic carbocycles. The Bertz CT molecular complexity index is 704. The lowest BCUT2D eigenvalue weighted by Crippen LogP contribution is -2.31. The average Bonchev–Trinajstić information content (AvgIpc) is 2.47.